The maximum absolute atomic E-state index is 12.0. The molecule has 2 rings (SSSR count). The van der Waals surface area contributed by atoms with Gasteiger partial charge in [0.25, 0.3) is 0 Å². The number of rotatable bonds is 9. The third kappa shape index (κ3) is 4.43. The van der Waals surface area contributed by atoms with Crippen LogP contribution in [-0.2, 0) is 10.0 Å². The summed E-state index contributed by atoms with van der Waals surface area (Å²) in [5, 5.41) is 12.4. The van der Waals surface area contributed by atoms with E-state index in [4.69, 9.17) is 5.11 Å². The van der Waals surface area contributed by atoms with E-state index in [0.29, 0.717) is 6.54 Å². The maximum atomic E-state index is 12.0. The van der Waals surface area contributed by atoms with Crippen LogP contribution in [0.2, 0.25) is 0 Å². The lowest BCUT2D eigenvalue weighted by Crippen LogP contribution is -2.24. The third-order valence-electron chi connectivity index (χ3n) is 3.97. The Hall–Kier alpha value is -1.11. The van der Waals surface area contributed by atoms with E-state index in [1.807, 2.05) is 6.92 Å². The number of hydrogen-bond acceptors (Lipinski definition) is 4. The number of anilines is 1. The van der Waals surface area contributed by atoms with E-state index in [1.54, 1.807) is 24.3 Å². The van der Waals surface area contributed by atoms with Crippen molar-refractivity contribution in [3.8, 4) is 0 Å². The Morgan fingerprint density at radius 2 is 1.90 bits per heavy atom. The van der Waals surface area contributed by atoms with Crippen LogP contribution in [0.25, 0.3) is 0 Å². The number of benzene rings is 1. The third-order valence-corrected chi connectivity index (χ3v) is 5.45. The fourth-order valence-corrected chi connectivity index (χ4v) is 3.42. The lowest BCUT2D eigenvalue weighted by Gasteiger charge is -2.15. The van der Waals surface area contributed by atoms with Crippen LogP contribution in [-0.4, -0.2) is 33.2 Å². The van der Waals surface area contributed by atoms with Crippen molar-refractivity contribution in [1.29, 1.82) is 0 Å². The highest BCUT2D eigenvalue weighted by molar-refractivity contribution is 7.89. The first-order chi connectivity index (χ1) is 10.0. The molecule has 5 nitrogen and oxygen atoms in total. The second-order valence-corrected chi connectivity index (χ2v) is 7.52. The second-order valence-electron chi connectivity index (χ2n) is 5.75. The molecule has 1 fully saturated rings. The summed E-state index contributed by atoms with van der Waals surface area (Å²) in [5.74, 6) is 0. The molecule has 1 aliphatic rings. The molecule has 118 valence electrons. The fourth-order valence-electron chi connectivity index (χ4n) is 2.29. The van der Waals surface area contributed by atoms with Gasteiger partial charge in [-0.05, 0) is 55.4 Å². The van der Waals surface area contributed by atoms with Crippen molar-refractivity contribution in [3.05, 3.63) is 24.3 Å². The zero-order valence-corrected chi connectivity index (χ0v) is 13.2. The van der Waals surface area contributed by atoms with Crippen molar-refractivity contribution in [2.45, 2.75) is 37.5 Å². The highest BCUT2D eigenvalue weighted by Gasteiger charge is 2.41. The summed E-state index contributed by atoms with van der Waals surface area (Å²) in [7, 11) is -3.39. The number of nitrogens with one attached hydrogen (secondary N) is 2. The first kappa shape index (κ1) is 16.3. The van der Waals surface area contributed by atoms with Crippen molar-refractivity contribution in [2.24, 2.45) is 5.41 Å². The molecular weight excluding hydrogens is 288 g/mol. The SMILES string of the molecule is CCCNS(=O)(=O)c1ccc(NCC2(CCO)CC2)cc1. The Bertz CT molecular complexity index is 551. The monoisotopic (exact) mass is 312 g/mol. The minimum absolute atomic E-state index is 0.224. The minimum Gasteiger partial charge on any atom is -0.396 e. The Morgan fingerprint density at radius 3 is 2.43 bits per heavy atom. The van der Waals surface area contributed by atoms with Gasteiger partial charge in [0.1, 0.15) is 0 Å². The van der Waals surface area contributed by atoms with Crippen LogP contribution in [0.15, 0.2) is 29.2 Å². The number of aliphatic hydroxyl groups excluding tert-OH is 1. The Balaban J connectivity index is 1.93. The summed E-state index contributed by atoms with van der Waals surface area (Å²) < 4.78 is 26.5. The highest BCUT2D eigenvalue weighted by atomic mass is 32.2. The quantitative estimate of drug-likeness (QED) is 0.651. The van der Waals surface area contributed by atoms with E-state index in [0.717, 1.165) is 37.9 Å². The van der Waals surface area contributed by atoms with Crippen molar-refractivity contribution in [2.75, 3.05) is 25.0 Å². The second kappa shape index (κ2) is 6.77. The van der Waals surface area contributed by atoms with E-state index in [-0.39, 0.29) is 16.9 Å². The number of hydrogen-bond donors (Lipinski definition) is 3. The number of sulfonamides is 1. The normalized spacial score (nSPS) is 16.7. The molecular formula is C15H24N2O3S. The standard InChI is InChI=1S/C15H24N2O3S/c1-2-10-17-21(19,20)14-5-3-13(4-6-14)16-12-15(7-8-15)9-11-18/h3-6,16-18H,2,7-12H2,1H3. The van der Waals surface area contributed by atoms with Gasteiger partial charge >= 0.3 is 0 Å². The van der Waals surface area contributed by atoms with Crippen LogP contribution >= 0.6 is 0 Å². The lowest BCUT2D eigenvalue weighted by molar-refractivity contribution is 0.253. The van der Waals surface area contributed by atoms with Gasteiger partial charge in [0, 0.05) is 25.4 Å². The van der Waals surface area contributed by atoms with Gasteiger partial charge in [-0.25, -0.2) is 13.1 Å². The molecule has 1 saturated carbocycles. The molecule has 0 aliphatic heterocycles. The topological polar surface area (TPSA) is 78.4 Å². The summed E-state index contributed by atoms with van der Waals surface area (Å²) in [4.78, 5) is 0.290. The molecule has 0 aromatic heterocycles. The van der Waals surface area contributed by atoms with Crippen LogP contribution in [0.3, 0.4) is 0 Å². The average Bonchev–Trinajstić information content (AvgIpc) is 3.24. The van der Waals surface area contributed by atoms with Crippen LogP contribution in [0.1, 0.15) is 32.6 Å². The fraction of sp³-hybridized carbons (Fsp3) is 0.600. The average molecular weight is 312 g/mol. The molecule has 3 N–H and O–H groups in total. The molecule has 0 spiro atoms. The van der Waals surface area contributed by atoms with E-state index >= 15 is 0 Å². The first-order valence-electron chi connectivity index (χ1n) is 7.46. The largest absolute Gasteiger partial charge is 0.396 e. The Morgan fingerprint density at radius 1 is 1.24 bits per heavy atom. The predicted octanol–water partition coefficient (Wildman–Crippen LogP) is 1.95. The lowest BCUT2D eigenvalue weighted by atomic mass is 10.0. The predicted molar refractivity (Wildman–Crippen MR) is 83.8 cm³/mol. The molecule has 1 aromatic rings. The van der Waals surface area contributed by atoms with Crippen LogP contribution < -0.4 is 10.0 Å². The summed E-state index contributed by atoms with van der Waals surface area (Å²) >= 11 is 0. The minimum atomic E-state index is -3.39. The molecule has 0 atom stereocenters. The van der Waals surface area contributed by atoms with Crippen molar-refractivity contribution >= 4 is 15.7 Å². The van der Waals surface area contributed by atoms with Gasteiger partial charge in [0.2, 0.25) is 10.0 Å². The number of aliphatic hydroxyl groups is 1. The van der Waals surface area contributed by atoms with E-state index in [2.05, 4.69) is 10.0 Å². The maximum Gasteiger partial charge on any atom is 0.240 e. The summed E-state index contributed by atoms with van der Waals surface area (Å²) in [6, 6.07) is 6.81. The van der Waals surface area contributed by atoms with E-state index in [9.17, 15) is 8.42 Å². The molecule has 0 bridgehead atoms. The molecule has 6 heteroatoms. The summed E-state index contributed by atoms with van der Waals surface area (Å²) in [5.41, 5.74) is 1.15. The van der Waals surface area contributed by atoms with Gasteiger partial charge in [-0.2, -0.15) is 0 Å². The zero-order valence-electron chi connectivity index (χ0n) is 12.4. The molecule has 0 heterocycles. The van der Waals surface area contributed by atoms with Crippen molar-refractivity contribution in [3.63, 3.8) is 0 Å². The molecule has 0 radical (unpaired) electrons. The van der Waals surface area contributed by atoms with E-state index < -0.39 is 10.0 Å². The van der Waals surface area contributed by atoms with Crippen LogP contribution in [0.4, 0.5) is 5.69 Å². The van der Waals surface area contributed by atoms with E-state index in [1.165, 1.54) is 0 Å². The molecule has 1 aromatic carbocycles. The Labute approximate surface area is 126 Å². The molecule has 0 amide bonds. The summed E-state index contributed by atoms with van der Waals surface area (Å²) in [6.45, 7) is 3.43. The molecule has 1 aliphatic carbocycles. The Kier molecular flexibility index (Phi) is 5.24. The highest BCUT2D eigenvalue weighted by Crippen LogP contribution is 2.48. The zero-order chi connectivity index (χ0) is 15.3. The van der Waals surface area contributed by atoms with Gasteiger partial charge in [0.15, 0.2) is 0 Å². The molecule has 0 unspecified atom stereocenters. The van der Waals surface area contributed by atoms with Gasteiger partial charge < -0.3 is 10.4 Å². The van der Waals surface area contributed by atoms with Gasteiger partial charge in [-0.1, -0.05) is 6.92 Å². The molecule has 21 heavy (non-hydrogen) atoms. The van der Waals surface area contributed by atoms with Crippen LogP contribution in [0.5, 0.6) is 0 Å². The van der Waals surface area contributed by atoms with Gasteiger partial charge in [-0.3, -0.25) is 0 Å². The van der Waals surface area contributed by atoms with Gasteiger partial charge in [0.05, 0.1) is 4.90 Å². The van der Waals surface area contributed by atoms with Crippen molar-refractivity contribution in [1.82, 2.24) is 4.72 Å². The van der Waals surface area contributed by atoms with Crippen LogP contribution in [0, 0.1) is 5.41 Å². The molecule has 0 saturated heterocycles. The first-order valence-corrected chi connectivity index (χ1v) is 8.94. The summed E-state index contributed by atoms with van der Waals surface area (Å²) in [6.07, 6.45) is 3.89. The smallest absolute Gasteiger partial charge is 0.240 e. The van der Waals surface area contributed by atoms with Gasteiger partial charge in [-0.15, -0.1) is 0 Å². The van der Waals surface area contributed by atoms with Crippen molar-refractivity contribution < 1.29 is 13.5 Å².